The molecule has 1 saturated carbocycles. The molecule has 4 nitrogen and oxygen atoms in total. The molecule has 2 aromatic rings. The van der Waals surface area contributed by atoms with Crippen molar-refractivity contribution in [1.82, 2.24) is 10.1 Å². The summed E-state index contributed by atoms with van der Waals surface area (Å²) < 4.78 is 5.32. The summed E-state index contributed by atoms with van der Waals surface area (Å²) in [5, 5.41) is 4.82. The third-order valence-corrected chi connectivity index (χ3v) is 5.07. The number of hydrogen-bond acceptors (Lipinski definition) is 5. The monoisotopic (exact) mass is 323 g/mol. The summed E-state index contributed by atoms with van der Waals surface area (Å²) in [6.45, 7) is 0. The van der Waals surface area contributed by atoms with E-state index in [-0.39, 0.29) is 5.54 Å². The van der Waals surface area contributed by atoms with E-state index in [1.165, 1.54) is 4.90 Å². The summed E-state index contributed by atoms with van der Waals surface area (Å²) >= 11 is 7.61. The topological polar surface area (TPSA) is 64.9 Å². The fourth-order valence-corrected chi connectivity index (χ4v) is 3.54. The van der Waals surface area contributed by atoms with Gasteiger partial charge in [-0.25, -0.2) is 0 Å². The molecule has 0 bridgehead atoms. The van der Waals surface area contributed by atoms with E-state index in [0.29, 0.717) is 11.7 Å². The van der Waals surface area contributed by atoms with Crippen LogP contribution in [0.2, 0.25) is 5.02 Å². The molecule has 1 aliphatic rings. The molecule has 1 aromatic carbocycles. The number of hydrogen-bond donors (Lipinski definition) is 1. The van der Waals surface area contributed by atoms with E-state index in [1.54, 1.807) is 11.8 Å². The Kier molecular flexibility index (Phi) is 4.52. The highest BCUT2D eigenvalue weighted by Crippen LogP contribution is 2.34. The van der Waals surface area contributed by atoms with E-state index in [2.05, 4.69) is 10.1 Å². The minimum absolute atomic E-state index is 0.370. The van der Waals surface area contributed by atoms with Crippen LogP contribution in [0.15, 0.2) is 33.7 Å². The minimum atomic E-state index is -0.370. The van der Waals surface area contributed by atoms with Crippen molar-refractivity contribution in [1.29, 1.82) is 0 Å². The SMILES string of the molecule is NC1(c2noc(CCSc3ccc(Cl)cc3)n2)CCCC1. The average Bonchev–Trinajstić information content (AvgIpc) is 3.11. The van der Waals surface area contributed by atoms with Crippen molar-refractivity contribution in [2.24, 2.45) is 5.73 Å². The third-order valence-electron chi connectivity index (χ3n) is 3.81. The van der Waals surface area contributed by atoms with Gasteiger partial charge in [0.05, 0.1) is 5.54 Å². The van der Waals surface area contributed by atoms with Crippen molar-refractivity contribution < 1.29 is 4.52 Å². The lowest BCUT2D eigenvalue weighted by molar-refractivity contribution is 0.351. The fourth-order valence-electron chi connectivity index (χ4n) is 2.58. The summed E-state index contributed by atoms with van der Waals surface area (Å²) in [6.07, 6.45) is 4.94. The van der Waals surface area contributed by atoms with E-state index in [4.69, 9.17) is 21.9 Å². The van der Waals surface area contributed by atoms with Crippen molar-refractivity contribution in [2.75, 3.05) is 5.75 Å². The zero-order chi connectivity index (χ0) is 14.7. The van der Waals surface area contributed by atoms with E-state index in [9.17, 15) is 0 Å². The molecule has 3 rings (SSSR count). The maximum Gasteiger partial charge on any atom is 0.227 e. The average molecular weight is 324 g/mol. The van der Waals surface area contributed by atoms with Crippen LogP contribution in [-0.4, -0.2) is 15.9 Å². The first-order valence-electron chi connectivity index (χ1n) is 7.16. The van der Waals surface area contributed by atoms with Gasteiger partial charge in [0.2, 0.25) is 5.89 Å². The van der Waals surface area contributed by atoms with E-state index in [0.717, 1.165) is 42.9 Å². The third kappa shape index (κ3) is 3.59. The number of nitrogens with two attached hydrogens (primary N) is 1. The molecule has 21 heavy (non-hydrogen) atoms. The molecule has 1 fully saturated rings. The van der Waals surface area contributed by atoms with Gasteiger partial charge in [-0.1, -0.05) is 29.6 Å². The second kappa shape index (κ2) is 6.38. The van der Waals surface area contributed by atoms with Crippen molar-refractivity contribution >= 4 is 23.4 Å². The zero-order valence-corrected chi connectivity index (χ0v) is 13.3. The summed E-state index contributed by atoms with van der Waals surface area (Å²) in [5.41, 5.74) is 5.95. The fraction of sp³-hybridized carbons (Fsp3) is 0.467. The van der Waals surface area contributed by atoms with Crippen LogP contribution < -0.4 is 5.73 Å². The summed E-state index contributed by atoms with van der Waals surface area (Å²) in [6, 6.07) is 7.82. The van der Waals surface area contributed by atoms with Gasteiger partial charge >= 0.3 is 0 Å². The van der Waals surface area contributed by atoms with Crippen molar-refractivity contribution in [3.63, 3.8) is 0 Å². The molecule has 1 aromatic heterocycles. The molecule has 0 saturated heterocycles. The lowest BCUT2D eigenvalue weighted by Gasteiger charge is -2.17. The van der Waals surface area contributed by atoms with Gasteiger partial charge in [0.25, 0.3) is 0 Å². The van der Waals surface area contributed by atoms with Crippen molar-refractivity contribution in [3.05, 3.63) is 41.0 Å². The number of halogens is 1. The Morgan fingerprint density at radius 1 is 1.24 bits per heavy atom. The van der Waals surface area contributed by atoms with Gasteiger partial charge in [0, 0.05) is 22.1 Å². The first kappa shape index (κ1) is 14.9. The highest BCUT2D eigenvalue weighted by Gasteiger charge is 2.35. The van der Waals surface area contributed by atoms with Crippen molar-refractivity contribution in [3.8, 4) is 0 Å². The molecule has 6 heteroatoms. The highest BCUT2D eigenvalue weighted by molar-refractivity contribution is 7.99. The number of benzene rings is 1. The molecule has 0 atom stereocenters. The van der Waals surface area contributed by atoms with Gasteiger partial charge in [-0.05, 0) is 37.1 Å². The van der Waals surface area contributed by atoms with E-state index < -0.39 is 0 Å². The Morgan fingerprint density at radius 3 is 2.67 bits per heavy atom. The van der Waals surface area contributed by atoms with Crippen LogP contribution in [-0.2, 0) is 12.0 Å². The van der Waals surface area contributed by atoms with Crippen LogP contribution in [0.5, 0.6) is 0 Å². The molecule has 1 aliphatic carbocycles. The number of aromatic nitrogens is 2. The predicted molar refractivity (Wildman–Crippen MR) is 84.5 cm³/mol. The molecule has 1 heterocycles. The number of nitrogens with zero attached hydrogens (tertiary/aromatic N) is 2. The lowest BCUT2D eigenvalue weighted by atomic mass is 9.99. The molecular weight excluding hydrogens is 306 g/mol. The van der Waals surface area contributed by atoms with Gasteiger partial charge < -0.3 is 10.3 Å². The molecule has 2 N–H and O–H groups in total. The van der Waals surface area contributed by atoms with Gasteiger partial charge in [-0.3, -0.25) is 0 Å². The number of thioether (sulfide) groups is 1. The highest BCUT2D eigenvalue weighted by atomic mass is 35.5. The van der Waals surface area contributed by atoms with Crippen LogP contribution in [0.1, 0.15) is 37.4 Å². The first-order valence-corrected chi connectivity index (χ1v) is 8.52. The van der Waals surface area contributed by atoms with Crippen LogP contribution in [0.3, 0.4) is 0 Å². The molecule has 0 radical (unpaired) electrons. The Bertz CT molecular complexity index is 593. The van der Waals surface area contributed by atoms with Gasteiger partial charge in [0.15, 0.2) is 5.82 Å². The second-order valence-corrected chi connectivity index (χ2v) is 7.03. The molecular formula is C15H18ClN3OS. The summed E-state index contributed by atoms with van der Waals surface area (Å²) in [4.78, 5) is 5.66. The van der Waals surface area contributed by atoms with E-state index >= 15 is 0 Å². The van der Waals surface area contributed by atoms with E-state index in [1.807, 2.05) is 24.3 Å². The Morgan fingerprint density at radius 2 is 1.95 bits per heavy atom. The van der Waals surface area contributed by atoms with Gasteiger partial charge in [-0.15, -0.1) is 11.8 Å². The molecule has 0 amide bonds. The summed E-state index contributed by atoms with van der Waals surface area (Å²) in [7, 11) is 0. The standard InChI is InChI=1S/C15H18ClN3OS/c16-11-3-5-12(6-4-11)21-10-7-13-18-14(19-20-13)15(17)8-1-2-9-15/h3-6H,1-2,7-10,17H2. The van der Waals surface area contributed by atoms with Crippen molar-refractivity contribution in [2.45, 2.75) is 42.5 Å². The normalized spacial score (nSPS) is 17.2. The zero-order valence-electron chi connectivity index (χ0n) is 11.7. The quantitative estimate of drug-likeness (QED) is 0.848. The molecule has 112 valence electrons. The molecule has 0 spiro atoms. The maximum absolute atomic E-state index is 6.32. The number of rotatable bonds is 5. The number of aryl methyl sites for hydroxylation is 1. The van der Waals surface area contributed by atoms with Crippen LogP contribution in [0, 0.1) is 0 Å². The largest absolute Gasteiger partial charge is 0.339 e. The maximum atomic E-state index is 6.32. The minimum Gasteiger partial charge on any atom is -0.339 e. The summed E-state index contributed by atoms with van der Waals surface area (Å²) in [5.74, 6) is 2.23. The van der Waals surface area contributed by atoms with Gasteiger partial charge in [0.1, 0.15) is 0 Å². The Labute approximate surface area is 133 Å². The predicted octanol–water partition coefficient (Wildman–Crippen LogP) is 3.79. The van der Waals surface area contributed by atoms with Crippen LogP contribution in [0.4, 0.5) is 0 Å². The lowest BCUT2D eigenvalue weighted by Crippen LogP contribution is -2.34. The van der Waals surface area contributed by atoms with Crippen LogP contribution >= 0.6 is 23.4 Å². The Balaban J connectivity index is 1.54. The second-order valence-electron chi connectivity index (χ2n) is 5.43. The first-order chi connectivity index (χ1) is 10.2. The van der Waals surface area contributed by atoms with Crippen LogP contribution in [0.25, 0.3) is 0 Å². The molecule has 0 aliphatic heterocycles. The smallest absolute Gasteiger partial charge is 0.227 e. The van der Waals surface area contributed by atoms with Gasteiger partial charge in [-0.2, -0.15) is 4.98 Å². The molecule has 0 unspecified atom stereocenters. The Hall–Kier alpha value is -1.04.